The molecule has 1 aliphatic heterocycles. The Labute approximate surface area is 106 Å². The average molecular weight is 253 g/mol. The van der Waals surface area contributed by atoms with E-state index in [1.54, 1.807) is 0 Å². The number of nitrogens with one attached hydrogen (secondary N) is 2. The fourth-order valence-electron chi connectivity index (χ4n) is 1.94. The first kappa shape index (κ1) is 12.4. The van der Waals surface area contributed by atoms with E-state index in [1.807, 2.05) is 25.6 Å². The lowest BCUT2D eigenvalue weighted by molar-refractivity contribution is 0.662. The molecule has 0 amide bonds. The van der Waals surface area contributed by atoms with Crippen LogP contribution < -0.4 is 16.6 Å². The molecule has 1 aromatic rings. The molecule has 94 valence electrons. The second kappa shape index (κ2) is 5.55. The largest absolute Gasteiger partial charge is 0.367 e. The monoisotopic (exact) mass is 253 g/mol. The van der Waals surface area contributed by atoms with Gasteiger partial charge in [-0.1, -0.05) is 0 Å². The van der Waals surface area contributed by atoms with Gasteiger partial charge in [-0.2, -0.15) is 11.8 Å². The molecule has 1 saturated heterocycles. The third kappa shape index (κ3) is 3.01. The quantitative estimate of drug-likeness (QED) is 0.562. The van der Waals surface area contributed by atoms with Crippen LogP contribution in [-0.2, 0) is 0 Å². The summed E-state index contributed by atoms with van der Waals surface area (Å²) < 4.78 is 0. The van der Waals surface area contributed by atoms with Crippen molar-refractivity contribution in [1.82, 2.24) is 9.97 Å². The van der Waals surface area contributed by atoms with Crippen LogP contribution in [0.25, 0.3) is 0 Å². The molecule has 5 nitrogen and oxygen atoms in total. The summed E-state index contributed by atoms with van der Waals surface area (Å²) in [6.07, 6.45) is 2.39. The molecule has 4 N–H and O–H groups in total. The summed E-state index contributed by atoms with van der Waals surface area (Å²) in [7, 11) is 0. The molecule has 0 aliphatic carbocycles. The van der Waals surface area contributed by atoms with E-state index in [9.17, 15) is 0 Å². The minimum atomic E-state index is 0.523. The number of aryl methyl sites for hydroxylation is 1. The van der Waals surface area contributed by atoms with Crippen LogP contribution in [0.3, 0.4) is 0 Å². The first-order valence-electron chi connectivity index (χ1n) is 5.87. The summed E-state index contributed by atoms with van der Waals surface area (Å²) in [5.74, 6) is 10.2. The number of anilines is 2. The molecule has 6 heteroatoms. The Morgan fingerprint density at radius 1 is 1.18 bits per heavy atom. The minimum absolute atomic E-state index is 0.523. The number of nitrogens with two attached hydrogens (primary N) is 1. The number of thioether (sulfide) groups is 1. The van der Waals surface area contributed by atoms with Gasteiger partial charge in [-0.25, -0.2) is 15.8 Å². The number of rotatable bonds is 3. The van der Waals surface area contributed by atoms with Gasteiger partial charge in [0.05, 0.1) is 0 Å². The third-order valence-electron chi connectivity index (χ3n) is 2.96. The van der Waals surface area contributed by atoms with Gasteiger partial charge in [-0.05, 0) is 38.2 Å². The molecule has 0 saturated carbocycles. The second-order valence-corrected chi connectivity index (χ2v) is 5.49. The smallest absolute Gasteiger partial charge is 0.148 e. The summed E-state index contributed by atoms with van der Waals surface area (Å²) in [5, 5.41) is 3.50. The van der Waals surface area contributed by atoms with Crippen molar-refractivity contribution in [2.24, 2.45) is 5.84 Å². The summed E-state index contributed by atoms with van der Waals surface area (Å²) >= 11 is 2.02. The Morgan fingerprint density at radius 2 is 1.82 bits per heavy atom. The summed E-state index contributed by atoms with van der Waals surface area (Å²) in [6.45, 7) is 3.86. The molecular formula is C11H19N5S. The molecule has 1 aromatic heterocycles. The highest BCUT2D eigenvalue weighted by atomic mass is 32.2. The Kier molecular flexibility index (Phi) is 4.06. The Bertz CT molecular complexity index is 390. The molecule has 1 fully saturated rings. The molecular weight excluding hydrogens is 234 g/mol. The zero-order valence-electron chi connectivity index (χ0n) is 10.3. The van der Waals surface area contributed by atoms with Gasteiger partial charge >= 0.3 is 0 Å². The number of aromatic nitrogens is 2. The van der Waals surface area contributed by atoms with Gasteiger partial charge in [-0.15, -0.1) is 0 Å². The van der Waals surface area contributed by atoms with Crippen LogP contribution in [0.4, 0.5) is 11.6 Å². The van der Waals surface area contributed by atoms with Crippen LogP contribution in [0.1, 0.15) is 24.2 Å². The van der Waals surface area contributed by atoms with Gasteiger partial charge in [-0.3, -0.25) is 0 Å². The van der Waals surface area contributed by atoms with E-state index in [4.69, 9.17) is 5.84 Å². The van der Waals surface area contributed by atoms with Crippen LogP contribution in [0.5, 0.6) is 0 Å². The first-order valence-corrected chi connectivity index (χ1v) is 7.02. The Hall–Kier alpha value is -1.01. The molecule has 2 heterocycles. The lowest BCUT2D eigenvalue weighted by atomic mass is 10.1. The molecule has 0 bridgehead atoms. The number of nitrogen functional groups attached to an aromatic ring is 1. The van der Waals surface area contributed by atoms with Gasteiger partial charge in [0.1, 0.15) is 17.5 Å². The summed E-state index contributed by atoms with van der Waals surface area (Å²) in [5.41, 5.74) is 3.60. The predicted molar refractivity (Wildman–Crippen MR) is 73.3 cm³/mol. The molecule has 0 radical (unpaired) electrons. The topological polar surface area (TPSA) is 75.9 Å². The van der Waals surface area contributed by atoms with E-state index in [0.717, 1.165) is 17.2 Å². The maximum absolute atomic E-state index is 5.45. The zero-order chi connectivity index (χ0) is 12.3. The van der Waals surface area contributed by atoms with E-state index in [-0.39, 0.29) is 0 Å². The van der Waals surface area contributed by atoms with Crippen molar-refractivity contribution < 1.29 is 0 Å². The van der Waals surface area contributed by atoms with Crippen molar-refractivity contribution in [3.63, 3.8) is 0 Å². The molecule has 0 spiro atoms. The van der Waals surface area contributed by atoms with Crippen LogP contribution in [0.2, 0.25) is 0 Å². The Balaban J connectivity index is 2.16. The van der Waals surface area contributed by atoms with Crippen molar-refractivity contribution in [2.75, 3.05) is 22.2 Å². The molecule has 0 aromatic carbocycles. The highest BCUT2D eigenvalue weighted by Crippen LogP contribution is 2.24. The van der Waals surface area contributed by atoms with Gasteiger partial charge in [0.2, 0.25) is 0 Å². The maximum Gasteiger partial charge on any atom is 0.148 e. The van der Waals surface area contributed by atoms with Crippen LogP contribution >= 0.6 is 11.8 Å². The standard InChI is InChI=1S/C11H19N5S/c1-7-10(13-8(2)14-11(7)16-12)15-9-3-5-17-6-4-9/h9H,3-6,12H2,1-2H3,(H2,13,14,15,16). The highest BCUT2D eigenvalue weighted by molar-refractivity contribution is 7.99. The fourth-order valence-corrected chi connectivity index (χ4v) is 3.05. The fraction of sp³-hybridized carbons (Fsp3) is 0.636. The van der Waals surface area contributed by atoms with Gasteiger partial charge in [0.25, 0.3) is 0 Å². The number of nitrogens with zero attached hydrogens (tertiary/aromatic N) is 2. The van der Waals surface area contributed by atoms with E-state index in [2.05, 4.69) is 20.7 Å². The van der Waals surface area contributed by atoms with E-state index >= 15 is 0 Å². The van der Waals surface area contributed by atoms with Crippen molar-refractivity contribution in [3.05, 3.63) is 11.4 Å². The first-order chi connectivity index (χ1) is 8.20. The van der Waals surface area contributed by atoms with Crippen molar-refractivity contribution >= 4 is 23.4 Å². The van der Waals surface area contributed by atoms with Crippen LogP contribution in [0, 0.1) is 13.8 Å². The SMILES string of the molecule is Cc1nc(NN)c(C)c(NC2CCSCC2)n1. The summed E-state index contributed by atoms with van der Waals surface area (Å²) in [6, 6.07) is 0.523. The summed E-state index contributed by atoms with van der Waals surface area (Å²) in [4.78, 5) is 8.70. The zero-order valence-corrected chi connectivity index (χ0v) is 11.1. The average Bonchev–Trinajstić information content (AvgIpc) is 2.34. The predicted octanol–water partition coefficient (Wildman–Crippen LogP) is 1.69. The normalized spacial score (nSPS) is 16.9. The number of hydrogen-bond donors (Lipinski definition) is 3. The van der Waals surface area contributed by atoms with Crippen molar-refractivity contribution in [1.29, 1.82) is 0 Å². The number of hydrogen-bond acceptors (Lipinski definition) is 6. The van der Waals surface area contributed by atoms with Gasteiger partial charge in [0, 0.05) is 11.6 Å². The van der Waals surface area contributed by atoms with Crippen LogP contribution in [0.15, 0.2) is 0 Å². The van der Waals surface area contributed by atoms with Gasteiger partial charge in [0.15, 0.2) is 0 Å². The maximum atomic E-state index is 5.45. The molecule has 2 rings (SSSR count). The van der Waals surface area contributed by atoms with Crippen LogP contribution in [-0.4, -0.2) is 27.5 Å². The lowest BCUT2D eigenvalue weighted by Gasteiger charge is -2.24. The van der Waals surface area contributed by atoms with Crippen molar-refractivity contribution in [2.45, 2.75) is 32.7 Å². The number of hydrazine groups is 1. The molecule has 17 heavy (non-hydrogen) atoms. The van der Waals surface area contributed by atoms with E-state index in [1.165, 1.54) is 24.3 Å². The second-order valence-electron chi connectivity index (χ2n) is 4.27. The van der Waals surface area contributed by atoms with E-state index < -0.39 is 0 Å². The Morgan fingerprint density at radius 3 is 2.47 bits per heavy atom. The molecule has 1 aliphatic rings. The lowest BCUT2D eigenvalue weighted by Crippen LogP contribution is -2.26. The minimum Gasteiger partial charge on any atom is -0.367 e. The van der Waals surface area contributed by atoms with E-state index in [0.29, 0.717) is 11.9 Å². The molecule has 0 atom stereocenters. The van der Waals surface area contributed by atoms with Crippen molar-refractivity contribution in [3.8, 4) is 0 Å². The van der Waals surface area contributed by atoms with Gasteiger partial charge < -0.3 is 10.7 Å². The third-order valence-corrected chi connectivity index (χ3v) is 4.01. The molecule has 0 unspecified atom stereocenters. The highest BCUT2D eigenvalue weighted by Gasteiger charge is 2.16.